The van der Waals surface area contributed by atoms with E-state index in [9.17, 15) is 9.59 Å². The van der Waals surface area contributed by atoms with Gasteiger partial charge in [-0.15, -0.1) is 0 Å². The molecule has 1 aliphatic rings. The van der Waals surface area contributed by atoms with Crippen LogP contribution in [0.3, 0.4) is 0 Å². The van der Waals surface area contributed by atoms with Crippen LogP contribution in [0.4, 0.5) is 11.4 Å². The minimum Gasteiger partial charge on any atom is -0.324 e. The summed E-state index contributed by atoms with van der Waals surface area (Å²) in [7, 11) is 2.14. The molecule has 3 rings (SSSR count). The molecule has 2 N–H and O–H groups in total. The van der Waals surface area contributed by atoms with Gasteiger partial charge in [0.15, 0.2) is 6.54 Å². The highest BCUT2D eigenvalue weighted by Crippen LogP contribution is 2.27. The number of rotatable bonds is 10. The number of hydrogen-bond acceptors (Lipinski definition) is 3. The van der Waals surface area contributed by atoms with Gasteiger partial charge in [0.2, 0.25) is 5.91 Å². The summed E-state index contributed by atoms with van der Waals surface area (Å²) in [5.41, 5.74) is 5.84. The van der Waals surface area contributed by atoms with Crippen LogP contribution in [0.15, 0.2) is 30.3 Å². The molecule has 7 heteroatoms. The fourth-order valence-corrected chi connectivity index (χ4v) is 5.48. The van der Waals surface area contributed by atoms with E-state index >= 15 is 0 Å². The predicted molar refractivity (Wildman–Crippen MR) is 154 cm³/mol. The number of nitrogens with zero attached hydrogens (tertiary/aromatic N) is 2. The van der Waals surface area contributed by atoms with Gasteiger partial charge < -0.3 is 15.1 Å². The maximum absolute atomic E-state index is 13.3. The van der Waals surface area contributed by atoms with E-state index in [-0.39, 0.29) is 17.9 Å². The monoisotopic (exact) mass is 527 g/mol. The number of para-hydroxylation sites is 1. The van der Waals surface area contributed by atoms with Crippen molar-refractivity contribution >= 4 is 34.8 Å². The molecule has 2 aromatic rings. The minimum atomic E-state index is -0.106. The number of carbonyl (C=O) groups is 2. The SMILES string of the molecule is CC[N+](C)(CCCN1CCCCC1C(=O)Nc1c(C)cccc1C)CC(=O)Nc1c(C)ccc(Cl)c1C. The first-order chi connectivity index (χ1) is 17.5. The van der Waals surface area contributed by atoms with Gasteiger partial charge in [0.25, 0.3) is 5.91 Å². The maximum atomic E-state index is 13.3. The second-order valence-electron chi connectivity index (χ2n) is 10.9. The molecule has 0 radical (unpaired) electrons. The largest absolute Gasteiger partial charge is 0.324 e. The van der Waals surface area contributed by atoms with Crippen LogP contribution in [0.1, 0.15) is 54.9 Å². The van der Waals surface area contributed by atoms with Crippen molar-refractivity contribution in [2.24, 2.45) is 0 Å². The lowest BCUT2D eigenvalue weighted by Gasteiger charge is -2.37. The van der Waals surface area contributed by atoms with Crippen LogP contribution in [-0.2, 0) is 9.59 Å². The van der Waals surface area contributed by atoms with Crippen molar-refractivity contribution in [3.05, 3.63) is 57.6 Å². The topological polar surface area (TPSA) is 61.4 Å². The van der Waals surface area contributed by atoms with Gasteiger partial charge in [-0.25, -0.2) is 0 Å². The van der Waals surface area contributed by atoms with Crippen molar-refractivity contribution in [2.45, 2.75) is 66.3 Å². The van der Waals surface area contributed by atoms with Gasteiger partial charge >= 0.3 is 0 Å². The fraction of sp³-hybridized carbons (Fsp3) is 0.533. The Balaban J connectivity index is 1.58. The lowest BCUT2D eigenvalue weighted by atomic mass is 10.00. The highest BCUT2D eigenvalue weighted by atomic mass is 35.5. The second kappa shape index (κ2) is 12.9. The number of benzene rings is 2. The van der Waals surface area contributed by atoms with Gasteiger partial charge in [-0.05, 0) is 82.3 Å². The number of hydrogen-bond donors (Lipinski definition) is 2. The van der Waals surface area contributed by atoms with Gasteiger partial charge in [0, 0.05) is 29.4 Å². The lowest BCUT2D eigenvalue weighted by Crippen LogP contribution is -2.51. The molecule has 1 heterocycles. The van der Waals surface area contributed by atoms with E-state index in [0.29, 0.717) is 16.1 Å². The maximum Gasteiger partial charge on any atom is 0.279 e. The number of carbonyl (C=O) groups excluding carboxylic acids is 2. The molecule has 37 heavy (non-hydrogen) atoms. The van der Waals surface area contributed by atoms with Crippen LogP contribution in [0, 0.1) is 27.7 Å². The molecule has 2 amide bonds. The van der Waals surface area contributed by atoms with Crippen molar-refractivity contribution in [1.82, 2.24) is 4.90 Å². The Morgan fingerprint density at radius 2 is 1.68 bits per heavy atom. The van der Waals surface area contributed by atoms with Gasteiger partial charge in [-0.2, -0.15) is 0 Å². The quantitative estimate of drug-likeness (QED) is 0.380. The summed E-state index contributed by atoms with van der Waals surface area (Å²) >= 11 is 6.28. The highest BCUT2D eigenvalue weighted by molar-refractivity contribution is 6.31. The molecule has 2 unspecified atom stereocenters. The number of piperidine rings is 1. The Morgan fingerprint density at radius 1 is 1.00 bits per heavy atom. The lowest BCUT2D eigenvalue weighted by molar-refractivity contribution is -0.900. The molecule has 1 saturated heterocycles. The molecule has 0 saturated carbocycles. The number of quaternary nitrogens is 1. The van der Waals surface area contributed by atoms with Crippen LogP contribution >= 0.6 is 11.6 Å². The first kappa shape index (κ1) is 29.2. The second-order valence-corrected chi connectivity index (χ2v) is 11.3. The van der Waals surface area contributed by atoms with Crippen LogP contribution < -0.4 is 10.6 Å². The van der Waals surface area contributed by atoms with E-state index in [0.717, 1.165) is 85.5 Å². The van der Waals surface area contributed by atoms with Crippen LogP contribution in [0.25, 0.3) is 0 Å². The molecule has 6 nitrogen and oxygen atoms in total. The molecule has 2 aromatic carbocycles. The van der Waals surface area contributed by atoms with E-state index in [4.69, 9.17) is 11.6 Å². The first-order valence-corrected chi connectivity index (χ1v) is 13.9. The number of aryl methyl sites for hydroxylation is 3. The normalized spacial score (nSPS) is 17.8. The van der Waals surface area contributed by atoms with E-state index in [1.807, 2.05) is 58.0 Å². The molecule has 0 aliphatic carbocycles. The fourth-order valence-electron chi connectivity index (χ4n) is 5.32. The number of amides is 2. The Labute approximate surface area is 228 Å². The van der Waals surface area contributed by atoms with Gasteiger partial charge in [0.1, 0.15) is 0 Å². The van der Waals surface area contributed by atoms with Crippen LogP contribution in [0.5, 0.6) is 0 Å². The standard InChI is InChI=1S/C30H43ClN4O2/c1-7-35(6,20-27(36)32-29-23(4)15-16-25(31)24(29)5)19-11-18-34-17-9-8-14-26(34)30(37)33-28-21(2)12-10-13-22(28)3/h10,12-13,15-16,26H,7-9,11,14,17-20H2,1-6H3,(H-,32,33,36,37)/p+1. The van der Waals surface area contributed by atoms with E-state index in [2.05, 4.69) is 29.5 Å². The van der Waals surface area contributed by atoms with Gasteiger partial charge in [-0.3, -0.25) is 14.5 Å². The molecule has 0 spiro atoms. The zero-order valence-corrected chi connectivity index (χ0v) is 24.2. The molecule has 1 aliphatic heterocycles. The van der Waals surface area contributed by atoms with Crippen molar-refractivity contribution in [2.75, 3.05) is 50.4 Å². The number of likely N-dealkylation sites (tertiary alicyclic amines) is 1. The van der Waals surface area contributed by atoms with Crippen molar-refractivity contribution in [3.63, 3.8) is 0 Å². The van der Waals surface area contributed by atoms with E-state index < -0.39 is 0 Å². The van der Waals surface area contributed by atoms with Gasteiger partial charge in [-0.1, -0.05) is 42.3 Å². The number of anilines is 2. The summed E-state index contributed by atoms with van der Waals surface area (Å²) in [6, 6.07) is 9.79. The smallest absolute Gasteiger partial charge is 0.279 e. The van der Waals surface area contributed by atoms with Crippen LogP contribution in [0.2, 0.25) is 5.02 Å². The number of halogens is 1. The minimum absolute atomic E-state index is 0.00152. The first-order valence-electron chi connectivity index (χ1n) is 13.5. The number of likely N-dealkylation sites (N-methyl/N-ethyl adjacent to an activating group) is 1. The summed E-state index contributed by atoms with van der Waals surface area (Å²) < 4.78 is 0.650. The molecule has 2 atom stereocenters. The van der Waals surface area contributed by atoms with Crippen molar-refractivity contribution in [3.8, 4) is 0 Å². The molecule has 202 valence electrons. The Morgan fingerprint density at radius 3 is 2.35 bits per heavy atom. The highest BCUT2D eigenvalue weighted by Gasteiger charge is 2.30. The Hall–Kier alpha value is -2.41. The van der Waals surface area contributed by atoms with E-state index in [1.165, 1.54) is 0 Å². The Bertz CT molecular complexity index is 1100. The average Bonchev–Trinajstić information content (AvgIpc) is 2.86. The molecular weight excluding hydrogens is 484 g/mol. The summed E-state index contributed by atoms with van der Waals surface area (Å²) in [6.07, 6.45) is 4.01. The molecule has 0 bridgehead atoms. The molecular formula is C30H44ClN4O2+. The van der Waals surface area contributed by atoms with Crippen LogP contribution in [-0.4, -0.2) is 67.0 Å². The third-order valence-corrected chi connectivity index (χ3v) is 8.36. The average molecular weight is 528 g/mol. The molecule has 1 fully saturated rings. The zero-order valence-electron chi connectivity index (χ0n) is 23.4. The van der Waals surface area contributed by atoms with Crippen molar-refractivity contribution in [1.29, 1.82) is 0 Å². The third-order valence-electron chi connectivity index (χ3n) is 7.95. The number of nitrogens with one attached hydrogen (secondary N) is 2. The van der Waals surface area contributed by atoms with E-state index in [1.54, 1.807) is 0 Å². The van der Waals surface area contributed by atoms with Crippen molar-refractivity contribution < 1.29 is 14.1 Å². The summed E-state index contributed by atoms with van der Waals surface area (Å²) in [5.74, 6) is 0.0955. The molecule has 0 aromatic heterocycles. The summed E-state index contributed by atoms with van der Waals surface area (Å²) in [4.78, 5) is 28.6. The summed E-state index contributed by atoms with van der Waals surface area (Å²) in [5, 5.41) is 6.97. The zero-order chi connectivity index (χ0) is 27.2. The van der Waals surface area contributed by atoms with Gasteiger partial charge in [0.05, 0.1) is 26.2 Å². The summed E-state index contributed by atoms with van der Waals surface area (Å²) in [6.45, 7) is 14.1. The predicted octanol–water partition coefficient (Wildman–Crippen LogP) is 5.86. The third kappa shape index (κ3) is 7.56. The Kier molecular flexibility index (Phi) is 10.2.